The van der Waals surface area contributed by atoms with Gasteiger partial charge < -0.3 is 19.7 Å². The van der Waals surface area contributed by atoms with Gasteiger partial charge in [-0.1, -0.05) is 48.5 Å². The summed E-state index contributed by atoms with van der Waals surface area (Å²) in [6.07, 6.45) is -2.61. The van der Waals surface area contributed by atoms with Gasteiger partial charge >= 0.3 is 12.1 Å². The summed E-state index contributed by atoms with van der Waals surface area (Å²) >= 11 is 0. The molecule has 1 amide bonds. The maximum atomic E-state index is 12.8. The first-order valence-corrected chi connectivity index (χ1v) is 9.62. The van der Waals surface area contributed by atoms with Crippen molar-refractivity contribution >= 4 is 11.9 Å². The molecule has 0 radical (unpaired) electrons. The number of ether oxygens (including phenoxy) is 1. The maximum absolute atomic E-state index is 12.8. The molecule has 7 nitrogen and oxygen atoms in total. The fourth-order valence-electron chi connectivity index (χ4n) is 3.26. The molecule has 1 aliphatic heterocycles. The van der Waals surface area contributed by atoms with Gasteiger partial charge in [0, 0.05) is 18.7 Å². The number of carbonyl (C=O) groups is 2. The number of hydrogen-bond acceptors (Lipinski definition) is 4. The molecule has 0 spiro atoms. The second-order valence-electron chi connectivity index (χ2n) is 6.82. The molecule has 2 heterocycles. The number of hydrogen-bond donors (Lipinski definition) is 2. The van der Waals surface area contributed by atoms with Crippen LogP contribution in [0.4, 0.5) is 13.2 Å². The van der Waals surface area contributed by atoms with Crippen LogP contribution in [0.5, 0.6) is 5.75 Å². The number of alkyl halides is 3. The van der Waals surface area contributed by atoms with E-state index in [0.29, 0.717) is 12.3 Å². The van der Waals surface area contributed by atoms with Gasteiger partial charge in [-0.15, -0.1) is 0 Å². The van der Waals surface area contributed by atoms with Gasteiger partial charge in [-0.25, -0.2) is 9.78 Å². The minimum absolute atomic E-state index is 0.0209. The Hall–Kier alpha value is -3.82. The van der Waals surface area contributed by atoms with E-state index < -0.39 is 12.1 Å². The van der Waals surface area contributed by atoms with Crippen molar-refractivity contribution in [1.82, 2.24) is 14.9 Å². The SMILES string of the molecule is O=C(COc1ccccc1)N1CCc2[nH]cnc2C1c1ccccc1.O=C(O)C(F)(F)F. The highest BCUT2D eigenvalue weighted by molar-refractivity contribution is 5.79. The molecule has 168 valence electrons. The van der Waals surface area contributed by atoms with Gasteiger partial charge in [0.25, 0.3) is 5.91 Å². The Labute approximate surface area is 181 Å². The molecule has 2 aromatic carbocycles. The number of nitrogens with one attached hydrogen (secondary N) is 1. The van der Waals surface area contributed by atoms with E-state index in [2.05, 4.69) is 9.97 Å². The number of H-pyrrole nitrogens is 1. The number of carboxylic acid groups (broad SMARTS) is 1. The number of imidazole rings is 1. The van der Waals surface area contributed by atoms with Gasteiger partial charge in [0.05, 0.1) is 12.0 Å². The fourth-order valence-corrected chi connectivity index (χ4v) is 3.26. The van der Waals surface area contributed by atoms with Crippen LogP contribution in [0.1, 0.15) is 23.0 Å². The van der Waals surface area contributed by atoms with Crippen LogP contribution >= 0.6 is 0 Å². The van der Waals surface area contributed by atoms with Crippen molar-refractivity contribution in [1.29, 1.82) is 0 Å². The van der Waals surface area contributed by atoms with Crippen LogP contribution in [-0.2, 0) is 16.0 Å². The molecule has 0 saturated carbocycles. The Bertz CT molecular complexity index is 1040. The fraction of sp³-hybridized carbons (Fsp3) is 0.227. The van der Waals surface area contributed by atoms with E-state index in [9.17, 15) is 18.0 Å². The smallest absolute Gasteiger partial charge is 0.484 e. The zero-order valence-electron chi connectivity index (χ0n) is 16.7. The summed E-state index contributed by atoms with van der Waals surface area (Å²) in [4.78, 5) is 31.3. The number of carbonyl (C=O) groups excluding carboxylic acids is 1. The van der Waals surface area contributed by atoms with E-state index in [4.69, 9.17) is 14.6 Å². The van der Waals surface area contributed by atoms with E-state index in [1.807, 2.05) is 65.6 Å². The third-order valence-electron chi connectivity index (χ3n) is 4.71. The van der Waals surface area contributed by atoms with Crippen molar-refractivity contribution < 1.29 is 32.6 Å². The van der Waals surface area contributed by atoms with Crippen molar-refractivity contribution in [3.05, 3.63) is 83.9 Å². The van der Waals surface area contributed by atoms with Crippen molar-refractivity contribution in [2.24, 2.45) is 0 Å². The highest BCUT2D eigenvalue weighted by atomic mass is 19.4. The van der Waals surface area contributed by atoms with Gasteiger partial charge in [-0.3, -0.25) is 4.79 Å². The monoisotopic (exact) mass is 447 g/mol. The average Bonchev–Trinajstić information content (AvgIpc) is 3.27. The summed E-state index contributed by atoms with van der Waals surface area (Å²) < 4.78 is 37.4. The van der Waals surface area contributed by atoms with Crippen LogP contribution in [0.25, 0.3) is 0 Å². The summed E-state index contributed by atoms with van der Waals surface area (Å²) in [5.41, 5.74) is 3.08. The molecule has 0 fully saturated rings. The molecular weight excluding hydrogens is 427 g/mol. The number of halogens is 3. The zero-order valence-corrected chi connectivity index (χ0v) is 16.7. The standard InChI is InChI=1S/C20H19N3O2.C2HF3O2/c24-18(13-25-16-9-5-2-6-10-16)23-12-11-17-19(22-14-21-17)20(23)15-7-3-1-4-8-15;3-2(4,5)1(6)7/h1-10,14,20H,11-13H2,(H,21,22);(H,6,7). The normalized spacial score (nSPS) is 15.2. The van der Waals surface area contributed by atoms with Crippen LogP contribution in [0.15, 0.2) is 67.0 Å². The summed E-state index contributed by atoms with van der Waals surface area (Å²) in [6.45, 7) is 0.666. The number of aliphatic carboxylic acids is 1. The molecule has 2 N–H and O–H groups in total. The van der Waals surface area contributed by atoms with Crippen LogP contribution < -0.4 is 4.74 Å². The number of aromatic amines is 1. The topological polar surface area (TPSA) is 95.5 Å². The number of benzene rings is 2. The minimum atomic E-state index is -5.08. The van der Waals surface area contributed by atoms with Crippen LogP contribution in [-0.4, -0.2) is 51.2 Å². The lowest BCUT2D eigenvalue weighted by molar-refractivity contribution is -0.192. The molecule has 0 bridgehead atoms. The van der Waals surface area contributed by atoms with E-state index in [1.54, 1.807) is 6.33 Å². The first-order valence-electron chi connectivity index (χ1n) is 9.62. The first-order chi connectivity index (χ1) is 15.3. The summed E-state index contributed by atoms with van der Waals surface area (Å²) in [5.74, 6) is -2.09. The van der Waals surface area contributed by atoms with E-state index >= 15 is 0 Å². The van der Waals surface area contributed by atoms with Crippen molar-refractivity contribution in [3.8, 4) is 5.75 Å². The molecule has 0 saturated heterocycles. The highest BCUT2D eigenvalue weighted by Gasteiger charge is 2.38. The lowest BCUT2D eigenvalue weighted by Crippen LogP contribution is -2.43. The van der Waals surface area contributed by atoms with Crippen molar-refractivity contribution in [2.45, 2.75) is 18.6 Å². The molecule has 1 atom stereocenters. The first kappa shape index (κ1) is 22.9. The lowest BCUT2D eigenvalue weighted by atomic mass is 9.95. The van der Waals surface area contributed by atoms with E-state index in [1.165, 1.54) is 0 Å². The number of rotatable bonds is 4. The summed E-state index contributed by atoms with van der Waals surface area (Å²) in [5, 5.41) is 7.12. The molecule has 32 heavy (non-hydrogen) atoms. The summed E-state index contributed by atoms with van der Waals surface area (Å²) in [7, 11) is 0. The number of amides is 1. The predicted molar refractivity (Wildman–Crippen MR) is 108 cm³/mol. The van der Waals surface area contributed by atoms with Gasteiger partial charge in [-0.2, -0.15) is 13.2 Å². The number of para-hydroxylation sites is 1. The highest BCUT2D eigenvalue weighted by Crippen LogP contribution is 2.33. The number of fused-ring (bicyclic) bond motifs is 1. The Morgan fingerprint density at radius 2 is 1.69 bits per heavy atom. The average molecular weight is 447 g/mol. The van der Waals surface area contributed by atoms with Crippen LogP contribution in [0, 0.1) is 0 Å². The van der Waals surface area contributed by atoms with E-state index in [0.717, 1.165) is 23.4 Å². The van der Waals surface area contributed by atoms with Crippen molar-refractivity contribution in [2.75, 3.05) is 13.2 Å². The van der Waals surface area contributed by atoms with Gasteiger partial charge in [0.1, 0.15) is 11.8 Å². The minimum Gasteiger partial charge on any atom is -0.484 e. The second-order valence-corrected chi connectivity index (χ2v) is 6.82. The van der Waals surface area contributed by atoms with E-state index in [-0.39, 0.29) is 18.6 Å². The molecule has 1 unspecified atom stereocenters. The largest absolute Gasteiger partial charge is 0.490 e. The second kappa shape index (κ2) is 9.99. The molecule has 4 rings (SSSR count). The summed E-state index contributed by atoms with van der Waals surface area (Å²) in [6, 6.07) is 19.2. The molecule has 1 aromatic heterocycles. The molecule has 1 aliphatic rings. The predicted octanol–water partition coefficient (Wildman–Crippen LogP) is 3.60. The van der Waals surface area contributed by atoms with Gasteiger partial charge in [0.2, 0.25) is 0 Å². The molecule has 10 heteroatoms. The van der Waals surface area contributed by atoms with Crippen LogP contribution in [0.3, 0.4) is 0 Å². The maximum Gasteiger partial charge on any atom is 0.490 e. The lowest BCUT2D eigenvalue weighted by Gasteiger charge is -2.35. The third-order valence-corrected chi connectivity index (χ3v) is 4.71. The molecule has 3 aromatic rings. The quantitative estimate of drug-likeness (QED) is 0.637. The molecule has 0 aliphatic carbocycles. The van der Waals surface area contributed by atoms with Crippen molar-refractivity contribution in [3.63, 3.8) is 0 Å². The van der Waals surface area contributed by atoms with Crippen LogP contribution in [0.2, 0.25) is 0 Å². The Kier molecular flexibility index (Phi) is 7.14. The Morgan fingerprint density at radius 3 is 2.28 bits per heavy atom. The number of carboxylic acids is 1. The van der Waals surface area contributed by atoms with Gasteiger partial charge in [-0.05, 0) is 17.7 Å². The third kappa shape index (κ3) is 5.65. The number of nitrogens with zero attached hydrogens (tertiary/aromatic N) is 2. The Balaban J connectivity index is 0.000000360. The molecular formula is C22H20F3N3O4. The van der Waals surface area contributed by atoms with Gasteiger partial charge in [0.15, 0.2) is 6.61 Å². The number of aromatic nitrogens is 2. The Morgan fingerprint density at radius 1 is 1.09 bits per heavy atom. The zero-order chi connectivity index (χ0) is 23.1.